The molecule has 0 amide bonds. The first kappa shape index (κ1) is 14.5. The molecule has 1 aromatic carbocycles. The van der Waals surface area contributed by atoms with E-state index in [0.717, 1.165) is 0 Å². The maximum absolute atomic E-state index is 11.6. The van der Waals surface area contributed by atoms with Crippen molar-refractivity contribution in [3.05, 3.63) is 28.2 Å². The number of hydrogen-bond acceptors (Lipinski definition) is 4. The van der Waals surface area contributed by atoms with E-state index in [9.17, 15) is 4.79 Å². The lowest BCUT2D eigenvalue weighted by molar-refractivity contribution is -0.150. The standard InChI is InChI=1S/C13H14BrNO3/c1-8(2)11(13(16)17-3)18-12-9(7-15)5-4-6-10(12)14/h4-6,8,11H,1-3H3. The zero-order valence-electron chi connectivity index (χ0n) is 10.4. The molecule has 0 saturated heterocycles. The molecule has 1 rings (SSSR count). The third-order valence-electron chi connectivity index (χ3n) is 2.37. The van der Waals surface area contributed by atoms with E-state index < -0.39 is 12.1 Å². The minimum atomic E-state index is -0.735. The molecule has 0 aromatic heterocycles. The van der Waals surface area contributed by atoms with Crippen molar-refractivity contribution in [3.8, 4) is 11.8 Å². The summed E-state index contributed by atoms with van der Waals surface area (Å²) in [6, 6.07) is 7.15. The fraction of sp³-hybridized carbons (Fsp3) is 0.385. The summed E-state index contributed by atoms with van der Waals surface area (Å²) < 4.78 is 11.0. The van der Waals surface area contributed by atoms with E-state index in [1.54, 1.807) is 18.2 Å². The molecule has 0 saturated carbocycles. The second-order valence-electron chi connectivity index (χ2n) is 4.03. The Labute approximate surface area is 115 Å². The summed E-state index contributed by atoms with van der Waals surface area (Å²) in [5.74, 6) is -0.148. The molecule has 4 nitrogen and oxygen atoms in total. The maximum Gasteiger partial charge on any atom is 0.347 e. The summed E-state index contributed by atoms with van der Waals surface area (Å²) in [5.41, 5.74) is 0.374. The first-order chi connectivity index (χ1) is 8.51. The number of ether oxygens (including phenoxy) is 2. The summed E-state index contributed by atoms with van der Waals surface area (Å²) >= 11 is 3.31. The average Bonchev–Trinajstić information content (AvgIpc) is 2.35. The molecule has 0 spiro atoms. The highest BCUT2D eigenvalue weighted by Crippen LogP contribution is 2.30. The number of halogens is 1. The molecule has 1 aromatic rings. The van der Waals surface area contributed by atoms with Crippen LogP contribution in [0, 0.1) is 17.2 Å². The highest BCUT2D eigenvalue weighted by atomic mass is 79.9. The Morgan fingerprint density at radius 2 is 2.11 bits per heavy atom. The van der Waals surface area contributed by atoms with Gasteiger partial charge in [-0.25, -0.2) is 4.79 Å². The molecule has 1 atom stereocenters. The monoisotopic (exact) mass is 311 g/mol. The number of methoxy groups -OCH3 is 1. The van der Waals surface area contributed by atoms with E-state index in [1.165, 1.54) is 7.11 Å². The number of benzene rings is 1. The van der Waals surface area contributed by atoms with Crippen LogP contribution in [0.5, 0.6) is 5.75 Å². The molecule has 0 N–H and O–H groups in total. The maximum atomic E-state index is 11.6. The Morgan fingerprint density at radius 1 is 1.44 bits per heavy atom. The van der Waals surface area contributed by atoms with Crippen molar-refractivity contribution in [3.63, 3.8) is 0 Å². The zero-order valence-corrected chi connectivity index (χ0v) is 12.0. The number of rotatable bonds is 4. The van der Waals surface area contributed by atoms with Crippen molar-refractivity contribution in [2.45, 2.75) is 20.0 Å². The van der Waals surface area contributed by atoms with E-state index in [0.29, 0.717) is 15.8 Å². The van der Waals surface area contributed by atoms with Crippen LogP contribution in [0.1, 0.15) is 19.4 Å². The van der Waals surface area contributed by atoms with Gasteiger partial charge in [-0.15, -0.1) is 0 Å². The van der Waals surface area contributed by atoms with Crippen molar-refractivity contribution >= 4 is 21.9 Å². The molecule has 5 heteroatoms. The van der Waals surface area contributed by atoms with Gasteiger partial charge in [0.1, 0.15) is 6.07 Å². The average molecular weight is 312 g/mol. The van der Waals surface area contributed by atoms with Crippen LogP contribution in [0.4, 0.5) is 0 Å². The van der Waals surface area contributed by atoms with E-state index in [1.807, 2.05) is 19.9 Å². The molecule has 96 valence electrons. The number of esters is 1. The first-order valence-corrected chi connectivity index (χ1v) is 6.23. The second-order valence-corrected chi connectivity index (χ2v) is 4.89. The summed E-state index contributed by atoms with van der Waals surface area (Å²) in [6.07, 6.45) is -0.735. The van der Waals surface area contributed by atoms with Gasteiger partial charge in [0.2, 0.25) is 0 Å². The van der Waals surface area contributed by atoms with Gasteiger partial charge in [-0.05, 0) is 28.1 Å². The van der Waals surface area contributed by atoms with Gasteiger partial charge in [-0.1, -0.05) is 19.9 Å². The fourth-order valence-corrected chi connectivity index (χ4v) is 1.88. The molecular formula is C13H14BrNO3. The number of para-hydroxylation sites is 1. The highest BCUT2D eigenvalue weighted by Gasteiger charge is 2.26. The van der Waals surface area contributed by atoms with E-state index in [-0.39, 0.29) is 5.92 Å². The first-order valence-electron chi connectivity index (χ1n) is 5.44. The van der Waals surface area contributed by atoms with Crippen LogP contribution in [-0.4, -0.2) is 19.2 Å². The Morgan fingerprint density at radius 3 is 2.61 bits per heavy atom. The molecule has 0 aliphatic carbocycles. The van der Waals surface area contributed by atoms with E-state index in [4.69, 9.17) is 14.7 Å². The van der Waals surface area contributed by atoms with Gasteiger partial charge in [0, 0.05) is 5.92 Å². The van der Waals surface area contributed by atoms with Crippen molar-refractivity contribution in [1.29, 1.82) is 5.26 Å². The molecule has 1 unspecified atom stereocenters. The van der Waals surface area contributed by atoms with Crippen molar-refractivity contribution in [1.82, 2.24) is 0 Å². The Kier molecular flexibility index (Phi) is 5.17. The van der Waals surface area contributed by atoms with Gasteiger partial charge in [0.05, 0.1) is 17.1 Å². The molecule has 0 aliphatic heterocycles. The van der Waals surface area contributed by atoms with Crippen LogP contribution >= 0.6 is 15.9 Å². The lowest BCUT2D eigenvalue weighted by atomic mass is 10.1. The third kappa shape index (κ3) is 3.23. The Balaban J connectivity index is 3.09. The normalized spacial score (nSPS) is 11.8. The summed E-state index contributed by atoms with van der Waals surface area (Å²) in [5, 5.41) is 9.02. The van der Waals surface area contributed by atoms with Crippen LogP contribution < -0.4 is 4.74 Å². The summed E-state index contributed by atoms with van der Waals surface area (Å²) in [4.78, 5) is 11.6. The van der Waals surface area contributed by atoms with Crippen LogP contribution in [0.25, 0.3) is 0 Å². The van der Waals surface area contributed by atoms with Crippen molar-refractivity contribution < 1.29 is 14.3 Å². The predicted octanol–water partition coefficient (Wildman–Crippen LogP) is 2.90. The summed E-state index contributed by atoms with van der Waals surface area (Å²) in [7, 11) is 1.31. The topological polar surface area (TPSA) is 59.3 Å². The minimum absolute atomic E-state index is 0.0592. The molecular weight excluding hydrogens is 298 g/mol. The van der Waals surface area contributed by atoms with Crippen molar-refractivity contribution in [2.75, 3.05) is 7.11 Å². The van der Waals surface area contributed by atoms with Gasteiger partial charge in [-0.2, -0.15) is 5.26 Å². The Hall–Kier alpha value is -1.54. The molecule has 0 heterocycles. The molecule has 0 bridgehead atoms. The Bertz CT molecular complexity index is 480. The zero-order chi connectivity index (χ0) is 13.7. The molecule has 0 aliphatic rings. The van der Waals surface area contributed by atoms with Crippen LogP contribution in [0.15, 0.2) is 22.7 Å². The second kappa shape index (κ2) is 6.41. The van der Waals surface area contributed by atoms with Crippen LogP contribution in [0.3, 0.4) is 0 Å². The van der Waals surface area contributed by atoms with Crippen molar-refractivity contribution in [2.24, 2.45) is 5.92 Å². The predicted molar refractivity (Wildman–Crippen MR) is 70.1 cm³/mol. The van der Waals surface area contributed by atoms with E-state index in [2.05, 4.69) is 15.9 Å². The molecule has 0 radical (unpaired) electrons. The molecule has 0 fully saturated rings. The number of nitrogens with zero attached hydrogens (tertiary/aromatic N) is 1. The lowest BCUT2D eigenvalue weighted by Crippen LogP contribution is -2.33. The fourth-order valence-electron chi connectivity index (χ4n) is 1.42. The van der Waals surface area contributed by atoms with Gasteiger partial charge in [-0.3, -0.25) is 0 Å². The number of hydrogen-bond donors (Lipinski definition) is 0. The number of carbonyl (C=O) groups is 1. The summed E-state index contributed by atoms with van der Waals surface area (Å²) in [6.45, 7) is 3.70. The number of carbonyl (C=O) groups excluding carboxylic acids is 1. The SMILES string of the molecule is COC(=O)C(Oc1c(Br)cccc1C#N)C(C)C. The smallest absolute Gasteiger partial charge is 0.347 e. The number of nitriles is 1. The highest BCUT2D eigenvalue weighted by molar-refractivity contribution is 9.10. The van der Waals surface area contributed by atoms with Gasteiger partial charge in [0.15, 0.2) is 11.9 Å². The molecule has 18 heavy (non-hydrogen) atoms. The van der Waals surface area contributed by atoms with Crippen LogP contribution in [-0.2, 0) is 9.53 Å². The van der Waals surface area contributed by atoms with Gasteiger partial charge < -0.3 is 9.47 Å². The van der Waals surface area contributed by atoms with Gasteiger partial charge >= 0.3 is 5.97 Å². The van der Waals surface area contributed by atoms with Crippen LogP contribution in [0.2, 0.25) is 0 Å². The largest absolute Gasteiger partial charge is 0.476 e. The van der Waals surface area contributed by atoms with Gasteiger partial charge in [0.25, 0.3) is 0 Å². The quantitative estimate of drug-likeness (QED) is 0.802. The minimum Gasteiger partial charge on any atom is -0.476 e. The van der Waals surface area contributed by atoms with E-state index >= 15 is 0 Å². The third-order valence-corrected chi connectivity index (χ3v) is 3.00. The lowest BCUT2D eigenvalue weighted by Gasteiger charge is -2.21.